The molecule has 10 nitrogen and oxygen atoms in total. The Balaban J connectivity index is 1.29. The zero-order chi connectivity index (χ0) is 27.9. The number of nitrogens with one attached hydrogen (secondary N) is 1. The quantitative estimate of drug-likeness (QED) is 0.159. The van der Waals surface area contributed by atoms with Gasteiger partial charge < -0.3 is 23.9 Å². The number of esters is 1. The van der Waals surface area contributed by atoms with Gasteiger partial charge in [0.25, 0.3) is 0 Å². The van der Waals surface area contributed by atoms with Crippen molar-refractivity contribution in [2.24, 2.45) is 0 Å². The van der Waals surface area contributed by atoms with Crippen molar-refractivity contribution in [2.45, 2.75) is 39.3 Å². The lowest BCUT2D eigenvalue weighted by Gasteiger charge is -2.11. The van der Waals surface area contributed by atoms with Crippen LogP contribution in [0.2, 0.25) is 0 Å². The first-order chi connectivity index (χ1) is 19.5. The van der Waals surface area contributed by atoms with Crippen molar-refractivity contribution in [1.82, 2.24) is 14.5 Å². The molecular formula is C30H30N4O6. The molecule has 0 radical (unpaired) electrons. The summed E-state index contributed by atoms with van der Waals surface area (Å²) in [6.07, 6.45) is 3.03. The second-order valence-electron chi connectivity index (χ2n) is 9.13. The van der Waals surface area contributed by atoms with E-state index in [1.165, 1.54) is 6.33 Å². The molecule has 5 rings (SSSR count). The molecular weight excluding hydrogens is 512 g/mol. The Kier molecular flexibility index (Phi) is 8.24. The fourth-order valence-electron chi connectivity index (χ4n) is 4.36. The van der Waals surface area contributed by atoms with Crippen molar-refractivity contribution in [3.8, 4) is 11.5 Å². The van der Waals surface area contributed by atoms with E-state index in [1.54, 1.807) is 24.7 Å². The minimum absolute atomic E-state index is 0.234. The lowest BCUT2D eigenvalue weighted by atomic mass is 10.2. The average molecular weight is 543 g/mol. The third kappa shape index (κ3) is 6.23. The van der Waals surface area contributed by atoms with Gasteiger partial charge in [0.1, 0.15) is 30.3 Å². The van der Waals surface area contributed by atoms with Crippen molar-refractivity contribution in [3.05, 3.63) is 83.1 Å². The number of carbonyl (C=O) groups is 1. The van der Waals surface area contributed by atoms with E-state index in [0.29, 0.717) is 61.5 Å². The Morgan fingerprint density at radius 2 is 1.77 bits per heavy atom. The number of rotatable bonds is 12. The second-order valence-corrected chi connectivity index (χ2v) is 9.13. The van der Waals surface area contributed by atoms with Crippen molar-refractivity contribution in [3.63, 3.8) is 0 Å². The molecule has 0 atom stereocenters. The molecule has 0 amide bonds. The normalized spacial score (nSPS) is 11.1. The highest BCUT2D eigenvalue weighted by Crippen LogP contribution is 2.28. The summed E-state index contributed by atoms with van der Waals surface area (Å²) < 4.78 is 23.1. The van der Waals surface area contributed by atoms with E-state index in [4.69, 9.17) is 18.6 Å². The predicted molar refractivity (Wildman–Crippen MR) is 151 cm³/mol. The van der Waals surface area contributed by atoms with Crippen LogP contribution in [-0.2, 0) is 22.7 Å². The van der Waals surface area contributed by atoms with Crippen LogP contribution in [0.15, 0.2) is 76.2 Å². The first-order valence-electron chi connectivity index (χ1n) is 13.1. The van der Waals surface area contributed by atoms with E-state index in [1.807, 2.05) is 54.6 Å². The largest absolute Gasteiger partial charge is 0.497 e. The minimum atomic E-state index is -0.450. The molecule has 0 spiro atoms. The molecule has 206 valence electrons. The summed E-state index contributed by atoms with van der Waals surface area (Å²) in [5, 5.41) is 4.08. The van der Waals surface area contributed by atoms with Crippen LogP contribution in [0.25, 0.3) is 22.0 Å². The molecule has 1 N–H and O–H groups in total. The smallest absolute Gasteiger partial charge is 0.419 e. The van der Waals surface area contributed by atoms with E-state index in [0.717, 1.165) is 28.1 Å². The number of nitrogens with zero attached hydrogens (tertiary/aromatic N) is 3. The van der Waals surface area contributed by atoms with Gasteiger partial charge in [0.15, 0.2) is 5.58 Å². The molecule has 0 bridgehead atoms. The molecule has 2 heterocycles. The van der Waals surface area contributed by atoms with E-state index in [2.05, 4.69) is 15.3 Å². The van der Waals surface area contributed by atoms with Crippen LogP contribution in [0.4, 0.5) is 11.5 Å². The van der Waals surface area contributed by atoms with E-state index >= 15 is 0 Å². The molecule has 3 aromatic carbocycles. The number of methoxy groups -OCH3 is 1. The van der Waals surface area contributed by atoms with Gasteiger partial charge in [-0.3, -0.25) is 9.36 Å². The number of benzene rings is 3. The van der Waals surface area contributed by atoms with Crippen molar-refractivity contribution < 1.29 is 23.4 Å². The highest BCUT2D eigenvalue weighted by Gasteiger charge is 2.14. The summed E-state index contributed by atoms with van der Waals surface area (Å²) >= 11 is 0. The number of hydrogen-bond acceptors (Lipinski definition) is 9. The van der Waals surface area contributed by atoms with Crippen molar-refractivity contribution in [2.75, 3.05) is 19.0 Å². The number of aromatic nitrogens is 3. The zero-order valence-electron chi connectivity index (χ0n) is 22.4. The maximum absolute atomic E-state index is 12.6. The Hall–Kier alpha value is -4.86. The van der Waals surface area contributed by atoms with Crippen LogP contribution in [0, 0.1) is 0 Å². The average Bonchev–Trinajstić information content (AvgIpc) is 3.28. The first-order valence-corrected chi connectivity index (χ1v) is 13.1. The molecule has 0 saturated heterocycles. The molecule has 0 aliphatic carbocycles. The standard InChI is InChI=1S/C30H30N4O6/c1-3-38-28(35)6-4-5-15-34-26-16-24-25(17-27(26)40-30(34)36)31-19-32-29(24)33-21-9-13-23(14-10-21)39-18-20-7-11-22(37-2)12-8-20/h7-14,16-17,19H,3-6,15,18H2,1-2H3,(H,31,32,33). The number of aryl methyl sites for hydroxylation is 1. The zero-order valence-corrected chi connectivity index (χ0v) is 22.4. The summed E-state index contributed by atoms with van der Waals surface area (Å²) in [5.41, 5.74) is 3.60. The summed E-state index contributed by atoms with van der Waals surface area (Å²) in [6.45, 7) is 3.00. The van der Waals surface area contributed by atoms with E-state index < -0.39 is 5.76 Å². The molecule has 0 unspecified atom stereocenters. The van der Waals surface area contributed by atoms with Gasteiger partial charge in [0.05, 0.1) is 24.8 Å². The lowest BCUT2D eigenvalue weighted by molar-refractivity contribution is -0.143. The third-order valence-corrected chi connectivity index (χ3v) is 6.42. The number of carbonyl (C=O) groups excluding carboxylic acids is 1. The highest BCUT2D eigenvalue weighted by atomic mass is 16.5. The van der Waals surface area contributed by atoms with Crippen LogP contribution in [-0.4, -0.2) is 34.2 Å². The van der Waals surface area contributed by atoms with Crippen LogP contribution < -0.4 is 20.5 Å². The molecule has 10 heteroatoms. The van der Waals surface area contributed by atoms with Crippen LogP contribution in [0.1, 0.15) is 31.7 Å². The molecule has 40 heavy (non-hydrogen) atoms. The number of fused-ring (bicyclic) bond motifs is 2. The molecule has 0 fully saturated rings. The van der Waals surface area contributed by atoms with Crippen LogP contribution in [0.5, 0.6) is 11.5 Å². The maximum Gasteiger partial charge on any atom is 0.419 e. The summed E-state index contributed by atoms with van der Waals surface area (Å²) in [7, 11) is 1.64. The monoisotopic (exact) mass is 542 g/mol. The maximum atomic E-state index is 12.6. The summed E-state index contributed by atoms with van der Waals surface area (Å²) in [6, 6.07) is 18.9. The van der Waals surface area contributed by atoms with Crippen LogP contribution >= 0.6 is 0 Å². The SMILES string of the molecule is CCOC(=O)CCCCn1c(=O)oc2cc3ncnc(Nc4ccc(OCc5ccc(OC)cc5)cc4)c3cc21. The Morgan fingerprint density at radius 3 is 2.52 bits per heavy atom. The number of hydrogen-bond donors (Lipinski definition) is 1. The topological polar surface area (TPSA) is 118 Å². The molecule has 0 aliphatic rings. The minimum Gasteiger partial charge on any atom is -0.497 e. The predicted octanol–water partition coefficient (Wildman–Crippen LogP) is 5.60. The fraction of sp³-hybridized carbons (Fsp3) is 0.267. The van der Waals surface area contributed by atoms with Gasteiger partial charge >= 0.3 is 11.7 Å². The van der Waals surface area contributed by atoms with Gasteiger partial charge in [-0.05, 0) is 67.8 Å². The Morgan fingerprint density at radius 1 is 1.00 bits per heavy atom. The van der Waals surface area contributed by atoms with Gasteiger partial charge in [0, 0.05) is 30.1 Å². The highest BCUT2D eigenvalue weighted by molar-refractivity contribution is 5.98. The molecule has 0 aliphatic heterocycles. The Labute approximate surface area is 230 Å². The summed E-state index contributed by atoms with van der Waals surface area (Å²) in [5.74, 6) is 1.46. The molecule has 2 aromatic heterocycles. The number of anilines is 2. The van der Waals surface area contributed by atoms with Crippen LogP contribution in [0.3, 0.4) is 0 Å². The van der Waals surface area contributed by atoms with Gasteiger partial charge in [-0.1, -0.05) is 12.1 Å². The van der Waals surface area contributed by atoms with Crippen molar-refractivity contribution in [1.29, 1.82) is 0 Å². The molecule has 5 aromatic rings. The lowest BCUT2D eigenvalue weighted by Crippen LogP contribution is -2.14. The number of unbranched alkanes of at least 4 members (excludes halogenated alkanes) is 1. The summed E-state index contributed by atoms with van der Waals surface area (Å²) in [4.78, 5) is 33.0. The van der Waals surface area contributed by atoms with Gasteiger partial charge in [-0.15, -0.1) is 0 Å². The van der Waals surface area contributed by atoms with Gasteiger partial charge in [-0.25, -0.2) is 14.8 Å². The van der Waals surface area contributed by atoms with E-state index in [9.17, 15) is 9.59 Å². The molecule has 0 saturated carbocycles. The number of ether oxygens (including phenoxy) is 3. The third-order valence-electron chi connectivity index (χ3n) is 6.42. The fourth-order valence-corrected chi connectivity index (χ4v) is 4.36. The van der Waals surface area contributed by atoms with E-state index in [-0.39, 0.29) is 5.97 Å². The number of oxazole rings is 1. The van der Waals surface area contributed by atoms with Crippen molar-refractivity contribution >= 4 is 39.5 Å². The first kappa shape index (κ1) is 26.7. The second kappa shape index (κ2) is 12.3. The van der Waals surface area contributed by atoms with Gasteiger partial charge in [-0.2, -0.15) is 0 Å². The Bertz CT molecular complexity index is 1660. The van der Waals surface area contributed by atoms with Gasteiger partial charge in [0.2, 0.25) is 0 Å².